The van der Waals surface area contributed by atoms with Crippen LogP contribution in [0.25, 0.3) is 0 Å². The molecule has 0 aliphatic carbocycles. The number of benzene rings is 2. The first-order valence-corrected chi connectivity index (χ1v) is 7.33. The smallest absolute Gasteiger partial charge is 0.142 e. The summed E-state index contributed by atoms with van der Waals surface area (Å²) in [6.45, 7) is 5.62. The predicted octanol–water partition coefficient (Wildman–Crippen LogP) is 4.40. The van der Waals surface area contributed by atoms with E-state index in [1.54, 1.807) is 7.11 Å². The molecule has 0 aromatic heterocycles. The van der Waals surface area contributed by atoms with E-state index in [4.69, 9.17) is 9.47 Å². The SMILES string of the molecule is CCCOc1ccccc1NCc1cc(C)ccc1OC. The van der Waals surface area contributed by atoms with Gasteiger partial charge < -0.3 is 14.8 Å². The van der Waals surface area contributed by atoms with E-state index in [0.29, 0.717) is 6.54 Å². The van der Waals surface area contributed by atoms with Gasteiger partial charge in [0.1, 0.15) is 11.5 Å². The maximum atomic E-state index is 5.76. The molecule has 1 N–H and O–H groups in total. The summed E-state index contributed by atoms with van der Waals surface area (Å²) in [5.41, 5.74) is 3.38. The van der Waals surface area contributed by atoms with E-state index in [1.165, 1.54) is 5.56 Å². The zero-order valence-corrected chi connectivity index (χ0v) is 13.0. The Balaban J connectivity index is 2.11. The average molecular weight is 285 g/mol. The molecule has 0 saturated carbocycles. The number of rotatable bonds is 7. The van der Waals surface area contributed by atoms with Crippen molar-refractivity contribution < 1.29 is 9.47 Å². The number of hydrogen-bond donors (Lipinski definition) is 1. The van der Waals surface area contributed by atoms with Crippen LogP contribution in [0.3, 0.4) is 0 Å². The highest BCUT2D eigenvalue weighted by atomic mass is 16.5. The molecule has 0 atom stereocenters. The number of hydrogen-bond acceptors (Lipinski definition) is 3. The number of nitrogens with one attached hydrogen (secondary N) is 1. The lowest BCUT2D eigenvalue weighted by Crippen LogP contribution is -2.05. The molecule has 0 spiro atoms. The van der Waals surface area contributed by atoms with E-state index in [0.717, 1.165) is 35.8 Å². The highest BCUT2D eigenvalue weighted by Gasteiger charge is 2.06. The van der Waals surface area contributed by atoms with Gasteiger partial charge in [-0.3, -0.25) is 0 Å². The quantitative estimate of drug-likeness (QED) is 0.817. The molecule has 3 heteroatoms. The van der Waals surface area contributed by atoms with Crippen molar-refractivity contribution in [3.8, 4) is 11.5 Å². The topological polar surface area (TPSA) is 30.5 Å². The molecule has 112 valence electrons. The largest absolute Gasteiger partial charge is 0.496 e. The summed E-state index contributed by atoms with van der Waals surface area (Å²) in [7, 11) is 1.70. The number of methoxy groups -OCH3 is 1. The fourth-order valence-corrected chi connectivity index (χ4v) is 2.19. The van der Waals surface area contributed by atoms with Crippen LogP contribution in [0.15, 0.2) is 42.5 Å². The number of ether oxygens (including phenoxy) is 2. The van der Waals surface area contributed by atoms with Crippen molar-refractivity contribution in [2.24, 2.45) is 0 Å². The third-order valence-electron chi connectivity index (χ3n) is 3.25. The number of para-hydroxylation sites is 2. The normalized spacial score (nSPS) is 10.2. The minimum atomic E-state index is 0.706. The molecule has 0 unspecified atom stereocenters. The van der Waals surface area contributed by atoms with Gasteiger partial charge in [0.15, 0.2) is 0 Å². The summed E-state index contributed by atoms with van der Waals surface area (Å²) in [6.07, 6.45) is 1.00. The van der Waals surface area contributed by atoms with Crippen molar-refractivity contribution in [2.75, 3.05) is 19.0 Å². The van der Waals surface area contributed by atoms with Crippen molar-refractivity contribution in [1.82, 2.24) is 0 Å². The fourth-order valence-electron chi connectivity index (χ4n) is 2.19. The maximum absolute atomic E-state index is 5.76. The molecule has 0 aliphatic rings. The van der Waals surface area contributed by atoms with Crippen molar-refractivity contribution in [2.45, 2.75) is 26.8 Å². The lowest BCUT2D eigenvalue weighted by Gasteiger charge is -2.14. The van der Waals surface area contributed by atoms with Crippen molar-refractivity contribution in [3.63, 3.8) is 0 Å². The van der Waals surface area contributed by atoms with Crippen LogP contribution in [0, 0.1) is 6.92 Å². The summed E-state index contributed by atoms with van der Waals surface area (Å²) in [4.78, 5) is 0. The van der Waals surface area contributed by atoms with Gasteiger partial charge in [0, 0.05) is 12.1 Å². The molecule has 0 amide bonds. The summed E-state index contributed by atoms with van der Waals surface area (Å²) < 4.78 is 11.2. The zero-order chi connectivity index (χ0) is 15.1. The van der Waals surface area contributed by atoms with Crippen molar-refractivity contribution in [3.05, 3.63) is 53.6 Å². The van der Waals surface area contributed by atoms with Gasteiger partial charge in [-0.15, -0.1) is 0 Å². The monoisotopic (exact) mass is 285 g/mol. The van der Waals surface area contributed by atoms with Gasteiger partial charge in [-0.1, -0.05) is 36.8 Å². The van der Waals surface area contributed by atoms with E-state index in [-0.39, 0.29) is 0 Å². The standard InChI is InChI=1S/C18H23NO2/c1-4-11-21-18-8-6-5-7-16(18)19-13-15-12-14(2)9-10-17(15)20-3/h5-10,12,19H,4,11,13H2,1-3H3. The van der Waals surface area contributed by atoms with Crippen molar-refractivity contribution >= 4 is 5.69 Å². The molecular weight excluding hydrogens is 262 g/mol. The van der Waals surface area contributed by atoms with Gasteiger partial charge >= 0.3 is 0 Å². The third-order valence-corrected chi connectivity index (χ3v) is 3.25. The minimum absolute atomic E-state index is 0.706. The highest BCUT2D eigenvalue weighted by molar-refractivity contribution is 5.57. The summed E-state index contributed by atoms with van der Waals surface area (Å²) in [5, 5.41) is 3.44. The van der Waals surface area contributed by atoms with Crippen LogP contribution in [0.1, 0.15) is 24.5 Å². The fraction of sp³-hybridized carbons (Fsp3) is 0.333. The van der Waals surface area contributed by atoms with E-state index in [9.17, 15) is 0 Å². The molecule has 0 heterocycles. The molecule has 0 aliphatic heterocycles. The second-order valence-electron chi connectivity index (χ2n) is 5.01. The van der Waals surface area contributed by atoms with Crippen LogP contribution >= 0.6 is 0 Å². The Kier molecular flexibility index (Phi) is 5.50. The second kappa shape index (κ2) is 7.58. The van der Waals surface area contributed by atoms with Gasteiger partial charge in [-0.2, -0.15) is 0 Å². The molecule has 2 aromatic carbocycles. The van der Waals surface area contributed by atoms with E-state index in [1.807, 2.05) is 30.3 Å². The van der Waals surface area contributed by atoms with E-state index >= 15 is 0 Å². The molecule has 3 nitrogen and oxygen atoms in total. The second-order valence-corrected chi connectivity index (χ2v) is 5.01. The number of aryl methyl sites for hydroxylation is 1. The van der Waals surface area contributed by atoms with Crippen LogP contribution < -0.4 is 14.8 Å². The van der Waals surface area contributed by atoms with Gasteiger partial charge in [0.05, 0.1) is 19.4 Å². The van der Waals surface area contributed by atoms with Crippen molar-refractivity contribution in [1.29, 1.82) is 0 Å². The molecule has 0 fully saturated rings. The van der Waals surface area contributed by atoms with E-state index < -0.39 is 0 Å². The first-order chi connectivity index (χ1) is 10.2. The first-order valence-electron chi connectivity index (χ1n) is 7.33. The van der Waals surface area contributed by atoms with Crippen LogP contribution in [0.4, 0.5) is 5.69 Å². The van der Waals surface area contributed by atoms with Gasteiger partial charge in [-0.05, 0) is 31.5 Å². The van der Waals surface area contributed by atoms with Crippen LogP contribution in [0.5, 0.6) is 11.5 Å². The number of anilines is 1. The third kappa shape index (κ3) is 4.15. The molecule has 0 bridgehead atoms. The first kappa shape index (κ1) is 15.2. The molecular formula is C18H23NO2. The van der Waals surface area contributed by atoms with Gasteiger partial charge in [0.25, 0.3) is 0 Å². The van der Waals surface area contributed by atoms with Crippen LogP contribution in [-0.2, 0) is 6.54 Å². The maximum Gasteiger partial charge on any atom is 0.142 e. The Morgan fingerprint density at radius 2 is 1.86 bits per heavy atom. The Labute approximate surface area is 126 Å². The highest BCUT2D eigenvalue weighted by Crippen LogP contribution is 2.26. The summed E-state index contributed by atoms with van der Waals surface area (Å²) in [5.74, 6) is 1.80. The van der Waals surface area contributed by atoms with Gasteiger partial charge in [-0.25, -0.2) is 0 Å². The molecule has 21 heavy (non-hydrogen) atoms. The Morgan fingerprint density at radius 1 is 1.05 bits per heavy atom. The molecule has 0 radical (unpaired) electrons. The Bertz CT molecular complexity index is 581. The molecule has 2 aromatic rings. The minimum Gasteiger partial charge on any atom is -0.496 e. The van der Waals surface area contributed by atoms with Crippen LogP contribution in [0.2, 0.25) is 0 Å². The Hall–Kier alpha value is -2.16. The molecule has 0 saturated heterocycles. The Morgan fingerprint density at radius 3 is 2.62 bits per heavy atom. The summed E-state index contributed by atoms with van der Waals surface area (Å²) in [6, 6.07) is 14.2. The lowest BCUT2D eigenvalue weighted by atomic mass is 10.1. The van der Waals surface area contributed by atoms with Crippen LogP contribution in [-0.4, -0.2) is 13.7 Å². The summed E-state index contributed by atoms with van der Waals surface area (Å²) >= 11 is 0. The lowest BCUT2D eigenvalue weighted by molar-refractivity contribution is 0.319. The zero-order valence-electron chi connectivity index (χ0n) is 13.0. The van der Waals surface area contributed by atoms with Gasteiger partial charge in [0.2, 0.25) is 0 Å². The van der Waals surface area contributed by atoms with E-state index in [2.05, 4.69) is 31.3 Å². The average Bonchev–Trinajstić information content (AvgIpc) is 2.52. The molecule has 2 rings (SSSR count). The predicted molar refractivity (Wildman–Crippen MR) is 87.3 cm³/mol.